The van der Waals surface area contributed by atoms with Crippen LogP contribution in [0.25, 0.3) is 0 Å². The summed E-state index contributed by atoms with van der Waals surface area (Å²) in [5.41, 5.74) is 0.632. The molecule has 1 aliphatic rings. The predicted octanol–water partition coefficient (Wildman–Crippen LogP) is 2.42. The molecule has 1 fully saturated rings. The second-order valence-corrected chi connectivity index (χ2v) is 9.44. The fourth-order valence-corrected chi connectivity index (χ4v) is 5.28. The number of hydrogen-bond acceptors (Lipinski definition) is 4. The predicted molar refractivity (Wildman–Crippen MR) is 89.5 cm³/mol. The van der Waals surface area contributed by atoms with Crippen LogP contribution in [0, 0.1) is 0 Å². The largest absolute Gasteiger partial charge is 0.282 e. The molecule has 0 bridgehead atoms. The first kappa shape index (κ1) is 17.4. The van der Waals surface area contributed by atoms with Gasteiger partial charge >= 0.3 is 0 Å². The molecule has 0 spiro atoms. The van der Waals surface area contributed by atoms with Crippen molar-refractivity contribution in [3.63, 3.8) is 0 Å². The van der Waals surface area contributed by atoms with Crippen LogP contribution in [0.5, 0.6) is 0 Å². The third kappa shape index (κ3) is 4.05. The number of halogens is 1. The van der Waals surface area contributed by atoms with Crippen LogP contribution in [-0.4, -0.2) is 34.9 Å². The number of hydrogen-bond donors (Lipinski definition) is 1. The molecule has 0 aromatic heterocycles. The van der Waals surface area contributed by atoms with Crippen LogP contribution >= 0.6 is 11.6 Å². The van der Waals surface area contributed by atoms with Crippen LogP contribution in [-0.2, 0) is 20.0 Å². The molecule has 1 heterocycles. The zero-order valence-corrected chi connectivity index (χ0v) is 14.6. The van der Waals surface area contributed by atoms with Gasteiger partial charge in [0.1, 0.15) is 0 Å². The van der Waals surface area contributed by atoms with E-state index in [1.54, 1.807) is 6.07 Å². The normalized spacial score (nSPS) is 17.6. The van der Waals surface area contributed by atoms with Crippen LogP contribution in [0.2, 0.25) is 5.02 Å². The summed E-state index contributed by atoms with van der Waals surface area (Å²) in [6.45, 7) is 2.30. The lowest BCUT2D eigenvalue weighted by Crippen LogP contribution is -2.25. The molecule has 0 saturated carbocycles. The minimum Gasteiger partial charge on any atom is -0.282 e. The van der Waals surface area contributed by atoms with Gasteiger partial charge in [-0.3, -0.25) is 9.03 Å². The van der Waals surface area contributed by atoms with E-state index in [4.69, 9.17) is 11.6 Å². The van der Waals surface area contributed by atoms with E-state index >= 15 is 0 Å². The van der Waals surface area contributed by atoms with Crippen molar-refractivity contribution in [2.45, 2.75) is 26.2 Å². The summed E-state index contributed by atoms with van der Waals surface area (Å²) in [6, 6.07) is 4.55. The van der Waals surface area contributed by atoms with Crippen molar-refractivity contribution in [3.05, 3.63) is 23.2 Å². The number of unbranched alkanes of at least 4 members (excludes halogenated alkanes) is 1. The van der Waals surface area contributed by atoms with Gasteiger partial charge in [0.2, 0.25) is 20.0 Å². The highest BCUT2D eigenvalue weighted by Gasteiger charge is 2.29. The SMILES string of the molecule is CCCCS(=O)(=O)Nc1cc(N2CCCS2(=O)=O)ccc1Cl. The van der Waals surface area contributed by atoms with Gasteiger partial charge in [-0.25, -0.2) is 16.8 Å². The van der Waals surface area contributed by atoms with Crippen LogP contribution in [0.15, 0.2) is 18.2 Å². The lowest BCUT2D eigenvalue weighted by atomic mass is 10.3. The van der Waals surface area contributed by atoms with Gasteiger partial charge in [-0.2, -0.15) is 0 Å². The maximum absolute atomic E-state index is 12.0. The van der Waals surface area contributed by atoms with Gasteiger partial charge in [0, 0.05) is 6.54 Å². The Labute approximate surface area is 136 Å². The van der Waals surface area contributed by atoms with Crippen LogP contribution < -0.4 is 9.03 Å². The van der Waals surface area contributed by atoms with Crippen LogP contribution in [0.3, 0.4) is 0 Å². The topological polar surface area (TPSA) is 83.6 Å². The van der Waals surface area contributed by atoms with E-state index < -0.39 is 20.0 Å². The highest BCUT2D eigenvalue weighted by molar-refractivity contribution is 7.93. The molecule has 0 amide bonds. The summed E-state index contributed by atoms with van der Waals surface area (Å²) in [4.78, 5) is 0. The van der Waals surface area contributed by atoms with E-state index in [1.165, 1.54) is 16.4 Å². The Kier molecular flexibility index (Phi) is 5.24. The fraction of sp³-hybridized carbons (Fsp3) is 0.538. The average Bonchev–Trinajstić information content (AvgIpc) is 2.78. The van der Waals surface area contributed by atoms with E-state index in [-0.39, 0.29) is 22.2 Å². The Morgan fingerprint density at radius 3 is 2.68 bits per heavy atom. The fourth-order valence-electron chi connectivity index (χ4n) is 2.23. The van der Waals surface area contributed by atoms with Crippen molar-refractivity contribution in [2.75, 3.05) is 27.1 Å². The number of nitrogens with one attached hydrogen (secondary N) is 1. The number of sulfonamides is 2. The van der Waals surface area contributed by atoms with E-state index in [1.807, 2.05) is 6.92 Å². The Morgan fingerprint density at radius 2 is 2.09 bits per heavy atom. The van der Waals surface area contributed by atoms with Gasteiger partial charge in [-0.15, -0.1) is 0 Å². The lowest BCUT2D eigenvalue weighted by Gasteiger charge is -2.18. The minimum absolute atomic E-state index is 0.00602. The molecule has 1 aliphatic heterocycles. The first-order valence-electron chi connectivity index (χ1n) is 7.05. The molecule has 1 aromatic carbocycles. The van der Waals surface area contributed by atoms with Crippen molar-refractivity contribution in [3.8, 4) is 0 Å². The van der Waals surface area contributed by atoms with Crippen molar-refractivity contribution in [1.82, 2.24) is 0 Å². The number of rotatable bonds is 6. The van der Waals surface area contributed by atoms with Gasteiger partial charge in [0.05, 0.1) is 27.9 Å². The van der Waals surface area contributed by atoms with Gasteiger partial charge in [-0.1, -0.05) is 24.9 Å². The van der Waals surface area contributed by atoms with Gasteiger partial charge in [0.25, 0.3) is 0 Å². The van der Waals surface area contributed by atoms with Crippen molar-refractivity contribution >= 4 is 43.0 Å². The molecule has 0 aliphatic carbocycles. The highest BCUT2D eigenvalue weighted by atomic mass is 35.5. The third-order valence-corrected chi connectivity index (χ3v) is 6.93. The van der Waals surface area contributed by atoms with Gasteiger partial charge < -0.3 is 0 Å². The second kappa shape index (κ2) is 6.64. The molecule has 0 atom stereocenters. The number of nitrogens with zero attached hydrogens (tertiary/aromatic N) is 1. The molecule has 1 aromatic rings. The van der Waals surface area contributed by atoms with Gasteiger partial charge in [0.15, 0.2) is 0 Å². The molecule has 22 heavy (non-hydrogen) atoms. The van der Waals surface area contributed by atoms with Crippen molar-refractivity contribution in [1.29, 1.82) is 0 Å². The number of benzene rings is 1. The van der Waals surface area contributed by atoms with Crippen LogP contribution in [0.1, 0.15) is 26.2 Å². The maximum atomic E-state index is 12.0. The second-order valence-electron chi connectivity index (χ2n) is 5.18. The molecule has 1 N–H and O–H groups in total. The molecule has 0 unspecified atom stereocenters. The summed E-state index contributed by atoms with van der Waals surface area (Å²) in [6.07, 6.45) is 1.87. The summed E-state index contributed by atoms with van der Waals surface area (Å²) in [7, 11) is -6.81. The van der Waals surface area contributed by atoms with E-state index in [0.29, 0.717) is 25.1 Å². The van der Waals surface area contributed by atoms with E-state index in [2.05, 4.69) is 4.72 Å². The summed E-state index contributed by atoms with van der Waals surface area (Å²) in [5, 5.41) is 0.236. The molecule has 0 radical (unpaired) electrons. The first-order valence-corrected chi connectivity index (χ1v) is 10.7. The first-order chi connectivity index (χ1) is 10.2. The highest BCUT2D eigenvalue weighted by Crippen LogP contribution is 2.31. The molecule has 1 saturated heterocycles. The molecule has 6 nitrogen and oxygen atoms in total. The zero-order valence-electron chi connectivity index (χ0n) is 12.2. The average molecular weight is 367 g/mol. The van der Waals surface area contributed by atoms with E-state index in [9.17, 15) is 16.8 Å². The summed E-state index contributed by atoms with van der Waals surface area (Å²) in [5.74, 6) is 0.110. The summed E-state index contributed by atoms with van der Waals surface area (Å²) >= 11 is 6.02. The summed E-state index contributed by atoms with van der Waals surface area (Å²) < 4.78 is 51.5. The quantitative estimate of drug-likeness (QED) is 0.838. The van der Waals surface area contributed by atoms with Crippen molar-refractivity contribution < 1.29 is 16.8 Å². The Balaban J connectivity index is 2.28. The van der Waals surface area contributed by atoms with Gasteiger partial charge in [-0.05, 0) is 31.0 Å². The Hall–Kier alpha value is -0.990. The number of anilines is 2. The molecule has 9 heteroatoms. The standard InChI is InChI=1S/C13H19ClN2O4S2/c1-2-3-8-21(17,18)15-13-10-11(5-6-12(13)14)16-7-4-9-22(16,19)20/h5-6,10,15H,2-4,7-9H2,1H3. The monoisotopic (exact) mass is 366 g/mol. The molecule has 2 rings (SSSR count). The van der Waals surface area contributed by atoms with Crippen molar-refractivity contribution in [2.24, 2.45) is 0 Å². The maximum Gasteiger partial charge on any atom is 0.235 e. The zero-order chi connectivity index (χ0) is 16.4. The molecule has 124 valence electrons. The van der Waals surface area contributed by atoms with Crippen LogP contribution in [0.4, 0.5) is 11.4 Å². The third-order valence-electron chi connectivity index (χ3n) is 3.37. The molecular formula is C13H19ClN2O4S2. The Morgan fingerprint density at radius 1 is 1.36 bits per heavy atom. The molecular weight excluding hydrogens is 348 g/mol. The van der Waals surface area contributed by atoms with E-state index in [0.717, 1.165) is 6.42 Å². The Bertz CT molecular complexity index is 747. The minimum atomic E-state index is -3.49. The lowest BCUT2D eigenvalue weighted by molar-refractivity contribution is 0.597. The smallest absolute Gasteiger partial charge is 0.235 e.